The maximum atomic E-state index is 12.1. The van der Waals surface area contributed by atoms with E-state index in [0.717, 1.165) is 10.1 Å². The van der Waals surface area contributed by atoms with E-state index in [-0.39, 0.29) is 23.3 Å². The van der Waals surface area contributed by atoms with Gasteiger partial charge in [0.25, 0.3) is 5.91 Å². The molecule has 0 aliphatic heterocycles. The number of hydrogen-bond acceptors (Lipinski definition) is 5. The second-order valence-corrected chi connectivity index (χ2v) is 7.65. The van der Waals surface area contributed by atoms with Gasteiger partial charge in [0.1, 0.15) is 12.1 Å². The number of aryl methyl sites for hydroxylation is 1. The number of ether oxygens (including phenoxy) is 1. The van der Waals surface area contributed by atoms with Gasteiger partial charge in [-0.25, -0.2) is 0 Å². The number of hydrogen-bond donors (Lipinski definition) is 1. The first-order chi connectivity index (χ1) is 12.9. The molecular weight excluding hydrogens is 431 g/mol. The van der Waals surface area contributed by atoms with E-state index >= 15 is 0 Å². The Labute approximate surface area is 174 Å². The largest absolute Gasteiger partial charge is 0.482 e. The molecule has 0 spiro atoms. The summed E-state index contributed by atoms with van der Waals surface area (Å²) < 4.78 is 7.23. The number of aromatic nitrogens is 3. The van der Waals surface area contributed by atoms with Crippen LogP contribution >= 0.6 is 46.6 Å². The maximum Gasteiger partial charge on any atom is 0.262 e. The number of anilines is 1. The second kappa shape index (κ2) is 8.84. The van der Waals surface area contributed by atoms with Crippen LogP contribution in [0.25, 0.3) is 0 Å². The first kappa shape index (κ1) is 19.8. The number of carbonyl (C=O) groups is 1. The van der Waals surface area contributed by atoms with Crippen molar-refractivity contribution < 1.29 is 9.53 Å². The Bertz CT molecular complexity index is 963. The summed E-state index contributed by atoms with van der Waals surface area (Å²) in [4.78, 5) is 13.0. The van der Waals surface area contributed by atoms with Crippen molar-refractivity contribution in [3.8, 4) is 5.75 Å². The van der Waals surface area contributed by atoms with Crippen molar-refractivity contribution in [1.29, 1.82) is 0 Å². The van der Waals surface area contributed by atoms with Crippen molar-refractivity contribution in [2.45, 2.75) is 10.1 Å². The smallest absolute Gasteiger partial charge is 0.262 e. The van der Waals surface area contributed by atoms with Crippen LogP contribution in [0.2, 0.25) is 15.1 Å². The summed E-state index contributed by atoms with van der Waals surface area (Å²) in [5.41, 5.74) is 0.645. The number of amides is 1. The van der Waals surface area contributed by atoms with Crippen molar-refractivity contribution in [3.63, 3.8) is 0 Å². The van der Waals surface area contributed by atoms with Crippen molar-refractivity contribution in [2.75, 3.05) is 11.9 Å². The van der Waals surface area contributed by atoms with E-state index in [9.17, 15) is 4.79 Å². The van der Waals surface area contributed by atoms with Crippen LogP contribution in [-0.2, 0) is 11.8 Å². The van der Waals surface area contributed by atoms with Gasteiger partial charge in [-0.3, -0.25) is 4.79 Å². The molecule has 0 unspecified atom stereocenters. The Kier molecular flexibility index (Phi) is 6.49. The first-order valence-electron chi connectivity index (χ1n) is 7.61. The van der Waals surface area contributed by atoms with Gasteiger partial charge in [0, 0.05) is 23.7 Å². The fourth-order valence-corrected chi connectivity index (χ4v) is 3.39. The minimum atomic E-state index is -0.328. The van der Waals surface area contributed by atoms with E-state index in [1.54, 1.807) is 18.5 Å². The fourth-order valence-electron chi connectivity index (χ4n) is 2.03. The Morgan fingerprint density at radius 2 is 1.85 bits per heavy atom. The van der Waals surface area contributed by atoms with Crippen LogP contribution in [0.4, 0.5) is 5.69 Å². The van der Waals surface area contributed by atoms with E-state index in [0.29, 0.717) is 15.7 Å². The highest BCUT2D eigenvalue weighted by Crippen LogP contribution is 2.33. The molecule has 0 bridgehead atoms. The maximum absolute atomic E-state index is 12.1. The van der Waals surface area contributed by atoms with Gasteiger partial charge in [-0.05, 0) is 42.1 Å². The van der Waals surface area contributed by atoms with Crippen LogP contribution in [0, 0.1) is 0 Å². The van der Waals surface area contributed by atoms with Gasteiger partial charge in [0.2, 0.25) is 0 Å². The minimum Gasteiger partial charge on any atom is -0.482 e. The zero-order valence-electron chi connectivity index (χ0n) is 13.9. The van der Waals surface area contributed by atoms with E-state index < -0.39 is 0 Å². The SMILES string of the molecule is Cn1cnnc1Sc1ccc(NC(=O)COc2cc(Cl)c(Cl)cc2Cl)cc1. The molecule has 10 heteroatoms. The number of nitrogens with zero attached hydrogens (tertiary/aromatic N) is 3. The van der Waals surface area contributed by atoms with Gasteiger partial charge < -0.3 is 14.6 Å². The predicted molar refractivity (Wildman–Crippen MR) is 107 cm³/mol. The molecule has 0 atom stereocenters. The fraction of sp³-hybridized carbons (Fsp3) is 0.118. The Hall–Kier alpha value is -1.93. The first-order valence-corrected chi connectivity index (χ1v) is 9.56. The topological polar surface area (TPSA) is 69.0 Å². The predicted octanol–water partition coefficient (Wildman–Crippen LogP) is 4.94. The third-order valence-electron chi connectivity index (χ3n) is 3.35. The van der Waals surface area contributed by atoms with Crippen molar-refractivity contribution in [2.24, 2.45) is 7.05 Å². The lowest BCUT2D eigenvalue weighted by Gasteiger charge is -2.10. The van der Waals surface area contributed by atoms with Crippen molar-refractivity contribution in [3.05, 3.63) is 57.8 Å². The average Bonchev–Trinajstić information content (AvgIpc) is 3.03. The highest BCUT2D eigenvalue weighted by molar-refractivity contribution is 7.99. The monoisotopic (exact) mass is 442 g/mol. The third-order valence-corrected chi connectivity index (χ3v) is 5.43. The van der Waals surface area contributed by atoms with Crippen LogP contribution < -0.4 is 10.1 Å². The second-order valence-electron chi connectivity index (χ2n) is 5.38. The number of benzene rings is 2. The summed E-state index contributed by atoms with van der Waals surface area (Å²) in [6.07, 6.45) is 1.64. The Morgan fingerprint density at radius 1 is 1.15 bits per heavy atom. The van der Waals surface area contributed by atoms with Crippen LogP contribution in [0.15, 0.2) is 52.8 Å². The highest BCUT2D eigenvalue weighted by atomic mass is 35.5. The zero-order valence-corrected chi connectivity index (χ0v) is 17.0. The lowest BCUT2D eigenvalue weighted by atomic mass is 10.3. The number of carbonyl (C=O) groups excluding carboxylic acids is 1. The summed E-state index contributed by atoms with van der Waals surface area (Å²) in [6.45, 7) is -0.215. The lowest BCUT2D eigenvalue weighted by molar-refractivity contribution is -0.118. The molecule has 0 aliphatic carbocycles. The molecule has 0 saturated heterocycles. The highest BCUT2D eigenvalue weighted by Gasteiger charge is 2.10. The van der Waals surface area contributed by atoms with E-state index in [1.165, 1.54) is 23.9 Å². The molecular formula is C17H13Cl3N4O2S. The van der Waals surface area contributed by atoms with Crippen LogP contribution in [-0.4, -0.2) is 27.3 Å². The molecule has 6 nitrogen and oxygen atoms in total. The lowest BCUT2D eigenvalue weighted by Crippen LogP contribution is -2.20. The molecule has 0 saturated carbocycles. The molecule has 0 radical (unpaired) electrons. The van der Waals surface area contributed by atoms with Crippen molar-refractivity contribution in [1.82, 2.24) is 14.8 Å². The summed E-state index contributed by atoms with van der Waals surface area (Å²) in [6, 6.07) is 10.3. The zero-order chi connectivity index (χ0) is 19.4. The average molecular weight is 444 g/mol. The minimum absolute atomic E-state index is 0.215. The van der Waals surface area contributed by atoms with E-state index in [2.05, 4.69) is 15.5 Å². The van der Waals surface area contributed by atoms with Gasteiger partial charge in [0.05, 0.1) is 15.1 Å². The van der Waals surface area contributed by atoms with Gasteiger partial charge in [-0.15, -0.1) is 10.2 Å². The standard InChI is InChI=1S/C17H13Cl3N4O2S/c1-24-9-21-23-17(24)27-11-4-2-10(3-5-11)22-16(25)8-26-15-7-13(19)12(18)6-14(15)20/h2-7,9H,8H2,1H3,(H,22,25). The molecule has 0 fully saturated rings. The van der Waals surface area contributed by atoms with Crippen LogP contribution in [0.3, 0.4) is 0 Å². The van der Waals surface area contributed by atoms with Gasteiger partial charge >= 0.3 is 0 Å². The summed E-state index contributed by atoms with van der Waals surface area (Å²) >= 11 is 19.3. The molecule has 0 aliphatic rings. The summed E-state index contributed by atoms with van der Waals surface area (Å²) in [5.74, 6) is -0.0394. The van der Waals surface area contributed by atoms with Gasteiger partial charge in [0.15, 0.2) is 11.8 Å². The summed E-state index contributed by atoms with van der Waals surface area (Å²) in [7, 11) is 1.87. The normalized spacial score (nSPS) is 10.7. The number of rotatable bonds is 6. The number of halogens is 3. The van der Waals surface area contributed by atoms with Crippen LogP contribution in [0.1, 0.15) is 0 Å². The molecule has 3 aromatic rings. The molecule has 1 amide bonds. The Morgan fingerprint density at radius 3 is 2.52 bits per heavy atom. The molecule has 27 heavy (non-hydrogen) atoms. The van der Waals surface area contributed by atoms with Crippen LogP contribution in [0.5, 0.6) is 5.75 Å². The van der Waals surface area contributed by atoms with E-state index in [1.807, 2.05) is 23.7 Å². The number of nitrogens with one attached hydrogen (secondary N) is 1. The third kappa shape index (κ3) is 5.29. The van der Waals surface area contributed by atoms with Gasteiger partial charge in [-0.2, -0.15) is 0 Å². The molecule has 3 rings (SSSR count). The molecule has 2 aromatic carbocycles. The molecule has 140 valence electrons. The molecule has 1 N–H and O–H groups in total. The van der Waals surface area contributed by atoms with E-state index in [4.69, 9.17) is 39.5 Å². The van der Waals surface area contributed by atoms with Gasteiger partial charge in [-0.1, -0.05) is 34.8 Å². The quantitative estimate of drug-likeness (QED) is 0.546. The molecule has 1 heterocycles. The molecule has 1 aromatic heterocycles. The van der Waals surface area contributed by atoms with Crippen molar-refractivity contribution >= 4 is 58.2 Å². The summed E-state index contributed by atoms with van der Waals surface area (Å²) in [5, 5.41) is 12.3. The Balaban J connectivity index is 1.55.